The average Bonchev–Trinajstić information content (AvgIpc) is 2.58. The lowest BCUT2D eigenvalue weighted by molar-refractivity contribution is -0.138. The predicted octanol–water partition coefficient (Wildman–Crippen LogP) is 3.68. The largest absolute Gasteiger partial charge is 0.481 e. The van der Waals surface area contributed by atoms with E-state index in [4.69, 9.17) is 4.74 Å². The topological polar surface area (TPSA) is 66.8 Å². The highest BCUT2D eigenvalue weighted by Crippen LogP contribution is 2.30. The zero-order valence-electron chi connectivity index (χ0n) is 13.6. The number of carbonyl (C=O) groups is 2. The van der Waals surface area contributed by atoms with Gasteiger partial charge in [-0.1, -0.05) is 49.6 Å². The first kappa shape index (κ1) is 17.3. The van der Waals surface area contributed by atoms with E-state index in [1.165, 1.54) is 11.3 Å². The Balaban J connectivity index is 1.95. The summed E-state index contributed by atoms with van der Waals surface area (Å²) < 4.78 is 5.34. The summed E-state index contributed by atoms with van der Waals surface area (Å²) >= 11 is 0. The second-order valence-electron chi connectivity index (χ2n) is 6.21. The molecule has 0 radical (unpaired) electrons. The number of carboxylic acid groups (broad SMARTS) is 1. The molecule has 5 heteroatoms. The van der Waals surface area contributed by atoms with Crippen molar-refractivity contribution < 1.29 is 19.4 Å². The van der Waals surface area contributed by atoms with E-state index < -0.39 is 12.1 Å². The number of carbonyl (C=O) groups excluding carboxylic acids is 1. The minimum absolute atomic E-state index is 0.0262. The second kappa shape index (κ2) is 8.56. The minimum Gasteiger partial charge on any atom is -0.481 e. The quantitative estimate of drug-likeness (QED) is 0.868. The van der Waals surface area contributed by atoms with Gasteiger partial charge in [0.2, 0.25) is 0 Å². The first-order valence-corrected chi connectivity index (χ1v) is 8.23. The fourth-order valence-electron chi connectivity index (χ4n) is 3.27. The third-order valence-electron chi connectivity index (χ3n) is 4.57. The van der Waals surface area contributed by atoms with Crippen molar-refractivity contribution in [2.75, 3.05) is 7.05 Å². The number of hydrogen-bond donors (Lipinski definition) is 1. The average molecular weight is 319 g/mol. The van der Waals surface area contributed by atoms with Crippen molar-refractivity contribution in [3.8, 4) is 0 Å². The maximum absolute atomic E-state index is 12.3. The molecule has 0 bridgehead atoms. The van der Waals surface area contributed by atoms with E-state index >= 15 is 0 Å². The van der Waals surface area contributed by atoms with Gasteiger partial charge in [0.1, 0.15) is 6.61 Å². The number of carboxylic acids is 1. The summed E-state index contributed by atoms with van der Waals surface area (Å²) in [6, 6.07) is 9.18. The number of rotatable bonds is 6. The van der Waals surface area contributed by atoms with Gasteiger partial charge in [0.25, 0.3) is 0 Å². The Morgan fingerprint density at radius 2 is 1.87 bits per heavy atom. The van der Waals surface area contributed by atoms with Gasteiger partial charge < -0.3 is 14.7 Å². The number of amides is 1. The van der Waals surface area contributed by atoms with E-state index in [1.807, 2.05) is 30.3 Å². The van der Waals surface area contributed by atoms with Crippen molar-refractivity contribution in [1.29, 1.82) is 0 Å². The standard InChI is InChI=1S/C18H25NO4/c1-19(18(22)23-13-14-8-4-2-5-9-14)16(12-17(20)21)15-10-6-3-7-11-15/h2,4-5,8-9,15-16H,3,6-7,10-13H2,1H3,(H,20,21). The Bertz CT molecular complexity index is 511. The third-order valence-corrected chi connectivity index (χ3v) is 4.57. The summed E-state index contributed by atoms with van der Waals surface area (Å²) in [5, 5.41) is 9.17. The fraction of sp³-hybridized carbons (Fsp3) is 0.556. The summed E-state index contributed by atoms with van der Waals surface area (Å²) in [5.74, 6) is -0.627. The van der Waals surface area contributed by atoms with E-state index in [0.717, 1.165) is 31.2 Å². The van der Waals surface area contributed by atoms with Gasteiger partial charge in [-0.2, -0.15) is 0 Å². The Labute approximate surface area is 137 Å². The molecule has 1 saturated carbocycles. The van der Waals surface area contributed by atoms with Crippen molar-refractivity contribution in [2.45, 2.75) is 51.2 Å². The van der Waals surface area contributed by atoms with Gasteiger partial charge >= 0.3 is 12.1 Å². The zero-order chi connectivity index (χ0) is 16.7. The molecule has 0 aliphatic heterocycles. The van der Waals surface area contributed by atoms with Crippen LogP contribution in [0.2, 0.25) is 0 Å². The smallest absolute Gasteiger partial charge is 0.410 e. The Kier molecular flexibility index (Phi) is 6.44. The van der Waals surface area contributed by atoms with E-state index in [9.17, 15) is 14.7 Å². The zero-order valence-corrected chi connectivity index (χ0v) is 13.6. The van der Waals surface area contributed by atoms with E-state index in [2.05, 4.69) is 0 Å². The molecule has 0 saturated heterocycles. The van der Waals surface area contributed by atoms with Gasteiger partial charge in [-0.3, -0.25) is 4.79 Å². The Morgan fingerprint density at radius 3 is 2.48 bits per heavy atom. The molecule has 23 heavy (non-hydrogen) atoms. The lowest BCUT2D eigenvalue weighted by Gasteiger charge is -2.35. The molecule has 2 rings (SSSR count). The van der Waals surface area contributed by atoms with Crippen LogP contribution < -0.4 is 0 Å². The molecule has 0 aromatic heterocycles. The van der Waals surface area contributed by atoms with Gasteiger partial charge in [0, 0.05) is 13.1 Å². The number of ether oxygens (including phenoxy) is 1. The van der Waals surface area contributed by atoms with E-state index in [1.54, 1.807) is 7.05 Å². The second-order valence-corrected chi connectivity index (χ2v) is 6.21. The number of nitrogens with zero attached hydrogens (tertiary/aromatic N) is 1. The molecule has 5 nitrogen and oxygen atoms in total. The molecule has 1 aromatic carbocycles. The van der Waals surface area contributed by atoms with Crippen molar-refractivity contribution >= 4 is 12.1 Å². The van der Waals surface area contributed by atoms with E-state index in [0.29, 0.717) is 0 Å². The van der Waals surface area contributed by atoms with Crippen LogP contribution in [-0.4, -0.2) is 35.2 Å². The maximum Gasteiger partial charge on any atom is 0.410 e. The van der Waals surface area contributed by atoms with Crippen LogP contribution in [0.3, 0.4) is 0 Å². The molecule has 1 aromatic rings. The molecule has 126 valence electrons. The van der Waals surface area contributed by atoms with Crippen molar-refractivity contribution in [1.82, 2.24) is 4.90 Å². The van der Waals surface area contributed by atoms with Crippen LogP contribution in [0, 0.1) is 5.92 Å². The highest BCUT2D eigenvalue weighted by Gasteiger charge is 2.32. The third kappa shape index (κ3) is 5.27. The normalized spacial score (nSPS) is 16.6. The van der Waals surface area contributed by atoms with Crippen molar-refractivity contribution in [2.24, 2.45) is 5.92 Å². The van der Waals surface area contributed by atoms with Crippen LogP contribution in [0.4, 0.5) is 4.79 Å². The highest BCUT2D eigenvalue weighted by atomic mass is 16.6. The van der Waals surface area contributed by atoms with Crippen LogP contribution in [0.1, 0.15) is 44.1 Å². The molecule has 0 heterocycles. The van der Waals surface area contributed by atoms with Crippen LogP contribution in [0.5, 0.6) is 0 Å². The number of benzene rings is 1. The monoisotopic (exact) mass is 319 g/mol. The summed E-state index contributed by atoms with van der Waals surface area (Å²) in [5.41, 5.74) is 0.918. The van der Waals surface area contributed by atoms with Crippen LogP contribution in [0.25, 0.3) is 0 Å². The lowest BCUT2D eigenvalue weighted by Crippen LogP contribution is -2.44. The maximum atomic E-state index is 12.3. The first-order chi connectivity index (χ1) is 11.1. The van der Waals surface area contributed by atoms with Crippen LogP contribution >= 0.6 is 0 Å². The van der Waals surface area contributed by atoms with Gasteiger partial charge in [0.15, 0.2) is 0 Å². The van der Waals surface area contributed by atoms with Gasteiger partial charge in [0.05, 0.1) is 6.42 Å². The fourth-order valence-corrected chi connectivity index (χ4v) is 3.27. The van der Waals surface area contributed by atoms with Crippen molar-refractivity contribution in [3.63, 3.8) is 0 Å². The molecular weight excluding hydrogens is 294 g/mol. The minimum atomic E-state index is -0.872. The molecule has 1 unspecified atom stereocenters. The molecule has 1 N–H and O–H groups in total. The highest BCUT2D eigenvalue weighted by molar-refractivity contribution is 5.71. The van der Waals surface area contributed by atoms with Gasteiger partial charge in [-0.25, -0.2) is 4.79 Å². The summed E-state index contributed by atoms with van der Waals surface area (Å²) in [6.45, 7) is 0.203. The van der Waals surface area contributed by atoms with Crippen LogP contribution in [0.15, 0.2) is 30.3 Å². The molecule has 1 amide bonds. The molecule has 0 spiro atoms. The first-order valence-electron chi connectivity index (χ1n) is 8.23. The number of aliphatic carboxylic acids is 1. The Morgan fingerprint density at radius 1 is 1.22 bits per heavy atom. The lowest BCUT2D eigenvalue weighted by atomic mass is 9.82. The number of hydrogen-bond acceptors (Lipinski definition) is 3. The molecule has 1 aliphatic rings. The molecule has 1 fully saturated rings. The Hall–Kier alpha value is -2.04. The molecule has 1 atom stereocenters. The van der Waals surface area contributed by atoms with E-state index in [-0.39, 0.29) is 25.0 Å². The van der Waals surface area contributed by atoms with Crippen LogP contribution in [-0.2, 0) is 16.1 Å². The summed E-state index contributed by atoms with van der Waals surface area (Å²) in [4.78, 5) is 25.0. The van der Waals surface area contributed by atoms with Crippen molar-refractivity contribution in [3.05, 3.63) is 35.9 Å². The van der Waals surface area contributed by atoms with Gasteiger partial charge in [-0.05, 0) is 24.3 Å². The van der Waals surface area contributed by atoms with Gasteiger partial charge in [-0.15, -0.1) is 0 Å². The molecular formula is C18H25NO4. The SMILES string of the molecule is CN(C(=O)OCc1ccccc1)C(CC(=O)O)C1CCCCC1. The molecule has 1 aliphatic carbocycles. The summed E-state index contributed by atoms with van der Waals surface area (Å²) in [6.07, 6.45) is 4.88. The summed E-state index contributed by atoms with van der Waals surface area (Å²) in [7, 11) is 1.65. The predicted molar refractivity (Wildman–Crippen MR) is 87.0 cm³/mol.